The van der Waals surface area contributed by atoms with Crippen molar-refractivity contribution in [3.05, 3.63) is 44.8 Å². The van der Waals surface area contributed by atoms with Crippen LogP contribution in [-0.2, 0) is 0 Å². The lowest BCUT2D eigenvalue weighted by Gasteiger charge is -2.12. The number of halogens is 1. The smallest absolute Gasteiger partial charge is 0.0413 e. The van der Waals surface area contributed by atoms with Gasteiger partial charge in [0.25, 0.3) is 0 Å². The molecule has 2 N–H and O–H groups in total. The quantitative estimate of drug-likeness (QED) is 0.794. The number of thiophene rings is 1. The number of hydrogen-bond donors (Lipinski definition) is 1. The Labute approximate surface area is 120 Å². The van der Waals surface area contributed by atoms with E-state index in [-0.39, 0.29) is 6.04 Å². The molecule has 3 heteroatoms. The van der Waals surface area contributed by atoms with Gasteiger partial charge in [-0.25, -0.2) is 0 Å². The second-order valence-corrected chi connectivity index (χ2v) is 6.73. The summed E-state index contributed by atoms with van der Waals surface area (Å²) < 4.78 is 1.29. The van der Waals surface area contributed by atoms with E-state index >= 15 is 0 Å². The molecule has 0 aliphatic carbocycles. The summed E-state index contributed by atoms with van der Waals surface area (Å²) in [5.41, 5.74) is 7.48. The molecule has 90 valence electrons. The van der Waals surface area contributed by atoms with Crippen molar-refractivity contribution in [2.24, 2.45) is 11.7 Å². The van der Waals surface area contributed by atoms with Crippen LogP contribution in [0.25, 0.3) is 10.4 Å². The highest BCUT2D eigenvalue weighted by Gasteiger charge is 2.14. The first-order valence-corrected chi connectivity index (χ1v) is 7.59. The molecule has 0 fully saturated rings. The molecular weight excluding hydrogens is 341 g/mol. The molecule has 1 nitrogen and oxygen atoms in total. The predicted molar refractivity (Wildman–Crippen MR) is 84.2 cm³/mol. The van der Waals surface area contributed by atoms with Crippen LogP contribution in [0, 0.1) is 9.49 Å². The summed E-state index contributed by atoms with van der Waals surface area (Å²) in [6.45, 7) is 4.33. The molecule has 1 aromatic heterocycles. The molecule has 0 radical (unpaired) electrons. The van der Waals surface area contributed by atoms with Crippen LogP contribution in [0.3, 0.4) is 0 Å². The molecular formula is C14H16INS. The summed E-state index contributed by atoms with van der Waals surface area (Å²) >= 11 is 4.19. The maximum atomic E-state index is 6.18. The maximum Gasteiger partial charge on any atom is 0.0413 e. The molecule has 0 spiro atoms. The molecule has 0 aliphatic heterocycles. The fourth-order valence-electron chi connectivity index (χ4n) is 1.67. The van der Waals surface area contributed by atoms with E-state index in [1.54, 1.807) is 11.3 Å². The Morgan fingerprint density at radius 2 is 1.82 bits per heavy atom. The van der Waals surface area contributed by atoms with Crippen molar-refractivity contribution < 1.29 is 0 Å². The van der Waals surface area contributed by atoms with E-state index in [1.165, 1.54) is 18.9 Å². The van der Waals surface area contributed by atoms with Crippen LogP contribution in [-0.4, -0.2) is 0 Å². The summed E-state index contributed by atoms with van der Waals surface area (Å²) in [5.74, 6) is 0.483. The van der Waals surface area contributed by atoms with E-state index in [0.717, 1.165) is 0 Å². The van der Waals surface area contributed by atoms with Gasteiger partial charge in [0.2, 0.25) is 0 Å². The third-order valence-electron chi connectivity index (χ3n) is 2.81. The minimum atomic E-state index is 0.148. The van der Waals surface area contributed by atoms with Crippen molar-refractivity contribution in [1.29, 1.82) is 0 Å². The van der Waals surface area contributed by atoms with Crippen LogP contribution >= 0.6 is 33.9 Å². The largest absolute Gasteiger partial charge is 0.323 e. The monoisotopic (exact) mass is 357 g/mol. The van der Waals surface area contributed by atoms with E-state index in [9.17, 15) is 0 Å². The van der Waals surface area contributed by atoms with E-state index in [4.69, 9.17) is 5.73 Å². The fraction of sp³-hybridized carbons (Fsp3) is 0.286. The van der Waals surface area contributed by atoms with Crippen molar-refractivity contribution in [3.8, 4) is 10.4 Å². The van der Waals surface area contributed by atoms with Crippen LogP contribution in [0.1, 0.15) is 24.8 Å². The first-order chi connectivity index (χ1) is 8.09. The Bertz CT molecular complexity index is 504. The topological polar surface area (TPSA) is 26.0 Å². The molecule has 1 heterocycles. The third-order valence-corrected chi connectivity index (χ3v) is 4.97. The van der Waals surface area contributed by atoms with Crippen LogP contribution in [0.4, 0.5) is 0 Å². The Hall–Kier alpha value is -0.390. The molecule has 17 heavy (non-hydrogen) atoms. The van der Waals surface area contributed by atoms with E-state index < -0.39 is 0 Å². The SMILES string of the molecule is CC(C)C(N)c1ccc(-c2ccccc2I)s1. The van der Waals surface area contributed by atoms with Gasteiger partial charge in [-0.15, -0.1) is 11.3 Å². The molecule has 2 rings (SSSR count). The van der Waals surface area contributed by atoms with Gasteiger partial charge < -0.3 is 5.73 Å². The van der Waals surface area contributed by atoms with Gasteiger partial charge in [-0.05, 0) is 46.7 Å². The normalized spacial score (nSPS) is 13.0. The molecule has 1 aromatic carbocycles. The predicted octanol–water partition coefficient (Wildman–Crippen LogP) is 4.68. The molecule has 1 atom stereocenters. The van der Waals surface area contributed by atoms with Gasteiger partial charge in [-0.3, -0.25) is 0 Å². The Kier molecular flexibility index (Phi) is 4.22. The van der Waals surface area contributed by atoms with E-state index in [0.29, 0.717) is 5.92 Å². The van der Waals surface area contributed by atoms with Gasteiger partial charge in [0, 0.05) is 24.9 Å². The summed E-state index contributed by atoms with van der Waals surface area (Å²) in [4.78, 5) is 2.58. The standard InChI is InChI=1S/C14H16INS/c1-9(2)14(16)13-8-7-12(17-13)10-5-3-4-6-11(10)15/h3-9,14H,16H2,1-2H3. The maximum absolute atomic E-state index is 6.18. The summed E-state index contributed by atoms with van der Waals surface area (Å²) in [5, 5.41) is 0. The molecule has 0 saturated carbocycles. The average molecular weight is 357 g/mol. The first kappa shape index (κ1) is 13.1. The lowest BCUT2D eigenvalue weighted by Crippen LogP contribution is -2.14. The zero-order valence-corrected chi connectivity index (χ0v) is 13.0. The van der Waals surface area contributed by atoms with Crippen molar-refractivity contribution in [1.82, 2.24) is 0 Å². The average Bonchev–Trinajstić information content (AvgIpc) is 2.77. The van der Waals surface area contributed by atoms with Crippen molar-refractivity contribution in [2.45, 2.75) is 19.9 Å². The van der Waals surface area contributed by atoms with Gasteiger partial charge in [-0.2, -0.15) is 0 Å². The van der Waals surface area contributed by atoms with Crippen LogP contribution in [0.5, 0.6) is 0 Å². The second kappa shape index (κ2) is 5.50. The van der Waals surface area contributed by atoms with Crippen molar-refractivity contribution in [2.75, 3.05) is 0 Å². The van der Waals surface area contributed by atoms with Gasteiger partial charge in [0.05, 0.1) is 0 Å². The summed E-state index contributed by atoms with van der Waals surface area (Å²) in [6, 6.07) is 12.9. The van der Waals surface area contributed by atoms with Gasteiger partial charge in [0.1, 0.15) is 0 Å². The highest BCUT2D eigenvalue weighted by molar-refractivity contribution is 14.1. The number of nitrogens with two attached hydrogens (primary N) is 1. The fourth-order valence-corrected chi connectivity index (χ4v) is 3.75. The molecule has 2 aromatic rings. The van der Waals surface area contributed by atoms with E-state index in [2.05, 4.69) is 72.8 Å². The zero-order chi connectivity index (χ0) is 12.4. The summed E-state index contributed by atoms with van der Waals surface area (Å²) in [6.07, 6.45) is 0. The van der Waals surface area contributed by atoms with Gasteiger partial charge in [-0.1, -0.05) is 32.0 Å². The van der Waals surface area contributed by atoms with E-state index in [1.807, 2.05) is 0 Å². The van der Waals surface area contributed by atoms with Crippen LogP contribution in [0.15, 0.2) is 36.4 Å². The lowest BCUT2D eigenvalue weighted by atomic mass is 10.0. The molecule has 1 unspecified atom stereocenters. The van der Waals surface area contributed by atoms with Gasteiger partial charge in [0.15, 0.2) is 0 Å². The molecule has 0 amide bonds. The number of hydrogen-bond acceptors (Lipinski definition) is 2. The van der Waals surface area contributed by atoms with Crippen molar-refractivity contribution in [3.63, 3.8) is 0 Å². The minimum Gasteiger partial charge on any atom is -0.323 e. The minimum absolute atomic E-state index is 0.148. The summed E-state index contributed by atoms with van der Waals surface area (Å²) in [7, 11) is 0. The second-order valence-electron chi connectivity index (χ2n) is 4.45. The van der Waals surface area contributed by atoms with Gasteiger partial charge >= 0.3 is 0 Å². The Morgan fingerprint density at radius 3 is 2.47 bits per heavy atom. The zero-order valence-electron chi connectivity index (χ0n) is 9.98. The Morgan fingerprint density at radius 1 is 1.12 bits per heavy atom. The van der Waals surface area contributed by atoms with Crippen LogP contribution in [0.2, 0.25) is 0 Å². The Balaban J connectivity index is 2.34. The number of rotatable bonds is 3. The highest BCUT2D eigenvalue weighted by atomic mass is 127. The molecule has 0 saturated heterocycles. The first-order valence-electron chi connectivity index (χ1n) is 5.70. The highest BCUT2D eigenvalue weighted by Crippen LogP contribution is 2.34. The third kappa shape index (κ3) is 2.89. The lowest BCUT2D eigenvalue weighted by molar-refractivity contribution is 0.521. The van der Waals surface area contributed by atoms with Crippen LogP contribution < -0.4 is 5.73 Å². The molecule has 0 aliphatic rings. The van der Waals surface area contributed by atoms with Crippen molar-refractivity contribution >= 4 is 33.9 Å². The molecule has 0 bridgehead atoms. The number of benzene rings is 1.